The Labute approximate surface area is 170 Å². The van der Waals surface area contributed by atoms with E-state index in [4.69, 9.17) is 5.73 Å². The van der Waals surface area contributed by atoms with Crippen LogP contribution in [0.3, 0.4) is 0 Å². The van der Waals surface area contributed by atoms with Crippen LogP contribution < -0.4 is 11.1 Å². The molecular weight excluding hydrogens is 369 g/mol. The number of carbonyl (C=O) groups excluding carboxylic acids is 2. The Morgan fingerprint density at radius 3 is 2.52 bits per heavy atom. The maximum absolute atomic E-state index is 13.9. The van der Waals surface area contributed by atoms with E-state index >= 15 is 0 Å². The molecule has 1 saturated carbocycles. The van der Waals surface area contributed by atoms with Crippen molar-refractivity contribution in [1.29, 1.82) is 0 Å². The molecule has 2 aliphatic rings. The second kappa shape index (κ2) is 8.33. The molecule has 1 aliphatic heterocycles. The van der Waals surface area contributed by atoms with Gasteiger partial charge in [0, 0.05) is 31.5 Å². The molecule has 0 spiro atoms. The van der Waals surface area contributed by atoms with Gasteiger partial charge in [0.05, 0.1) is 0 Å². The summed E-state index contributed by atoms with van der Waals surface area (Å²) >= 11 is 0. The molecule has 1 fully saturated rings. The summed E-state index contributed by atoms with van der Waals surface area (Å²) in [6.07, 6.45) is 2.85. The van der Waals surface area contributed by atoms with Crippen molar-refractivity contribution in [2.75, 3.05) is 0 Å². The molecule has 0 bridgehead atoms. The molecule has 29 heavy (non-hydrogen) atoms. The molecule has 5 nitrogen and oxygen atoms in total. The molecule has 2 atom stereocenters. The van der Waals surface area contributed by atoms with E-state index in [1.54, 1.807) is 23.1 Å². The molecular formula is C23H26FN3O2. The fourth-order valence-corrected chi connectivity index (χ4v) is 3.90. The fourth-order valence-electron chi connectivity index (χ4n) is 3.90. The Bertz CT molecular complexity index is 913. The summed E-state index contributed by atoms with van der Waals surface area (Å²) in [5.74, 6) is -0.582. The number of nitrogens with two attached hydrogens (primary N) is 1. The van der Waals surface area contributed by atoms with E-state index in [9.17, 15) is 14.0 Å². The topological polar surface area (TPSA) is 75.4 Å². The Hall–Kier alpha value is -2.73. The molecule has 0 saturated heterocycles. The van der Waals surface area contributed by atoms with Crippen molar-refractivity contribution in [2.45, 2.75) is 56.8 Å². The van der Waals surface area contributed by atoms with Crippen LogP contribution in [-0.2, 0) is 29.0 Å². The molecule has 3 N–H and O–H groups in total. The minimum atomic E-state index is -0.529. The Morgan fingerprint density at radius 2 is 1.79 bits per heavy atom. The standard InChI is InChI=1S/C23H26FN3O2/c24-20-8-4-3-6-16(20)11-18(25)13-22(28)27-14-17-7-2-1-5-15(17)12-21(27)23(29)26-19-9-10-19/h1-8,18-19,21H,9-14,25H2,(H,26,29). The number of amides is 2. The van der Waals surface area contributed by atoms with E-state index in [0.717, 1.165) is 24.0 Å². The number of hydrogen-bond donors (Lipinski definition) is 2. The maximum atomic E-state index is 13.9. The lowest BCUT2D eigenvalue weighted by molar-refractivity contribution is -0.142. The zero-order valence-electron chi connectivity index (χ0n) is 16.3. The van der Waals surface area contributed by atoms with Gasteiger partial charge in [0.2, 0.25) is 11.8 Å². The third kappa shape index (κ3) is 4.65. The van der Waals surface area contributed by atoms with Crippen molar-refractivity contribution in [1.82, 2.24) is 10.2 Å². The predicted octanol–water partition coefficient (Wildman–Crippen LogP) is 2.32. The average molecular weight is 395 g/mol. The van der Waals surface area contributed by atoms with Gasteiger partial charge in [-0.3, -0.25) is 9.59 Å². The molecule has 4 rings (SSSR count). The van der Waals surface area contributed by atoms with Crippen LogP contribution in [0.4, 0.5) is 4.39 Å². The van der Waals surface area contributed by atoms with E-state index in [1.165, 1.54) is 6.07 Å². The molecule has 0 aromatic heterocycles. The van der Waals surface area contributed by atoms with Crippen molar-refractivity contribution in [3.8, 4) is 0 Å². The van der Waals surface area contributed by atoms with Crippen molar-refractivity contribution in [2.24, 2.45) is 5.73 Å². The van der Waals surface area contributed by atoms with Crippen LogP contribution in [0.25, 0.3) is 0 Å². The number of rotatable bonds is 6. The van der Waals surface area contributed by atoms with E-state index in [0.29, 0.717) is 18.5 Å². The first kappa shape index (κ1) is 19.6. The summed E-state index contributed by atoms with van der Waals surface area (Å²) in [6.45, 7) is 0.393. The van der Waals surface area contributed by atoms with Crippen LogP contribution in [0.2, 0.25) is 0 Å². The number of carbonyl (C=O) groups is 2. The number of nitrogens with one attached hydrogen (secondary N) is 1. The average Bonchev–Trinajstić information content (AvgIpc) is 3.52. The highest BCUT2D eigenvalue weighted by molar-refractivity contribution is 5.89. The minimum Gasteiger partial charge on any atom is -0.352 e. The highest BCUT2D eigenvalue weighted by Crippen LogP contribution is 2.26. The van der Waals surface area contributed by atoms with Gasteiger partial charge in [0.15, 0.2) is 0 Å². The zero-order chi connectivity index (χ0) is 20.4. The summed E-state index contributed by atoms with van der Waals surface area (Å²) in [4.78, 5) is 27.5. The monoisotopic (exact) mass is 395 g/mol. The van der Waals surface area contributed by atoms with Crippen molar-refractivity contribution in [3.63, 3.8) is 0 Å². The summed E-state index contributed by atoms with van der Waals surface area (Å²) in [5, 5.41) is 3.03. The number of halogens is 1. The van der Waals surface area contributed by atoms with Crippen molar-refractivity contribution in [3.05, 3.63) is 71.0 Å². The minimum absolute atomic E-state index is 0.0731. The largest absolute Gasteiger partial charge is 0.352 e. The lowest BCUT2D eigenvalue weighted by atomic mass is 9.92. The molecule has 6 heteroatoms. The third-order valence-corrected chi connectivity index (χ3v) is 5.67. The Morgan fingerprint density at radius 1 is 1.10 bits per heavy atom. The molecule has 1 heterocycles. The summed E-state index contributed by atoms with van der Waals surface area (Å²) in [5.41, 5.74) is 8.83. The van der Waals surface area contributed by atoms with E-state index in [-0.39, 0.29) is 36.5 Å². The smallest absolute Gasteiger partial charge is 0.243 e. The summed E-state index contributed by atoms with van der Waals surface area (Å²) in [6, 6.07) is 13.6. The Balaban J connectivity index is 1.47. The normalized spacial score (nSPS) is 19.4. The van der Waals surface area contributed by atoms with E-state index in [1.807, 2.05) is 24.3 Å². The number of fused-ring (bicyclic) bond motifs is 1. The zero-order valence-corrected chi connectivity index (χ0v) is 16.3. The lowest BCUT2D eigenvalue weighted by Gasteiger charge is -2.36. The number of hydrogen-bond acceptors (Lipinski definition) is 3. The van der Waals surface area contributed by atoms with Gasteiger partial charge in [-0.2, -0.15) is 0 Å². The molecule has 152 valence electrons. The van der Waals surface area contributed by atoms with E-state index in [2.05, 4.69) is 5.32 Å². The van der Waals surface area contributed by atoms with Gasteiger partial charge < -0.3 is 16.0 Å². The van der Waals surface area contributed by atoms with Gasteiger partial charge in [-0.1, -0.05) is 42.5 Å². The van der Waals surface area contributed by atoms with Crippen LogP contribution in [0.15, 0.2) is 48.5 Å². The molecule has 2 aromatic carbocycles. The first-order chi connectivity index (χ1) is 14.0. The van der Waals surface area contributed by atoms with Gasteiger partial charge in [0.1, 0.15) is 11.9 Å². The maximum Gasteiger partial charge on any atom is 0.243 e. The SMILES string of the molecule is NC(CC(=O)N1Cc2ccccc2CC1C(=O)NC1CC1)Cc1ccccc1F. The van der Waals surface area contributed by atoms with Crippen LogP contribution in [0.1, 0.15) is 36.0 Å². The van der Waals surface area contributed by atoms with E-state index < -0.39 is 12.1 Å². The Kier molecular flexibility index (Phi) is 5.62. The van der Waals surface area contributed by atoms with Crippen molar-refractivity contribution >= 4 is 11.8 Å². The predicted molar refractivity (Wildman–Crippen MR) is 108 cm³/mol. The van der Waals surface area contributed by atoms with Gasteiger partial charge in [-0.15, -0.1) is 0 Å². The van der Waals surface area contributed by atoms with Gasteiger partial charge in [-0.25, -0.2) is 4.39 Å². The van der Waals surface area contributed by atoms with Crippen LogP contribution in [-0.4, -0.2) is 34.8 Å². The fraction of sp³-hybridized carbons (Fsp3) is 0.391. The van der Waals surface area contributed by atoms with Crippen LogP contribution in [0, 0.1) is 5.82 Å². The summed E-state index contributed by atoms with van der Waals surface area (Å²) < 4.78 is 13.9. The van der Waals surface area contributed by atoms with Gasteiger partial charge in [0.25, 0.3) is 0 Å². The molecule has 1 aliphatic carbocycles. The van der Waals surface area contributed by atoms with Crippen LogP contribution in [0.5, 0.6) is 0 Å². The lowest BCUT2D eigenvalue weighted by Crippen LogP contribution is -2.53. The molecule has 2 unspecified atom stereocenters. The molecule has 0 radical (unpaired) electrons. The second-order valence-electron chi connectivity index (χ2n) is 8.05. The third-order valence-electron chi connectivity index (χ3n) is 5.67. The van der Waals surface area contributed by atoms with Gasteiger partial charge >= 0.3 is 0 Å². The first-order valence-corrected chi connectivity index (χ1v) is 10.2. The molecule has 2 aromatic rings. The first-order valence-electron chi connectivity index (χ1n) is 10.2. The van der Waals surface area contributed by atoms with Crippen LogP contribution >= 0.6 is 0 Å². The molecule has 2 amide bonds. The number of nitrogens with zero attached hydrogens (tertiary/aromatic N) is 1. The van der Waals surface area contributed by atoms with Crippen molar-refractivity contribution < 1.29 is 14.0 Å². The van der Waals surface area contributed by atoms with Gasteiger partial charge in [-0.05, 0) is 42.0 Å². The quantitative estimate of drug-likeness (QED) is 0.788. The highest BCUT2D eigenvalue weighted by atomic mass is 19.1. The number of benzene rings is 2. The summed E-state index contributed by atoms with van der Waals surface area (Å²) in [7, 11) is 0. The highest BCUT2D eigenvalue weighted by Gasteiger charge is 2.37. The second-order valence-corrected chi connectivity index (χ2v) is 8.05.